The van der Waals surface area contributed by atoms with E-state index in [0.717, 1.165) is 36.4 Å². The Balaban J connectivity index is 1.56. The Bertz CT molecular complexity index is 734. The van der Waals surface area contributed by atoms with E-state index in [4.69, 9.17) is 0 Å². The molecule has 0 spiro atoms. The predicted octanol–water partition coefficient (Wildman–Crippen LogP) is 5.06. The van der Waals surface area contributed by atoms with Gasteiger partial charge in [-0.3, -0.25) is 0 Å². The highest BCUT2D eigenvalue weighted by atomic mass is 16.2. The molecule has 1 unspecified atom stereocenters. The average molecular weight is 351 g/mol. The van der Waals surface area contributed by atoms with Gasteiger partial charge in [-0.25, -0.2) is 4.79 Å². The molecule has 0 aromatic heterocycles. The lowest BCUT2D eigenvalue weighted by atomic mass is 9.98. The van der Waals surface area contributed by atoms with Crippen molar-refractivity contribution in [2.24, 2.45) is 0 Å². The van der Waals surface area contributed by atoms with Gasteiger partial charge in [-0.05, 0) is 73.5 Å². The number of carbonyl (C=O) groups is 1. The van der Waals surface area contributed by atoms with Crippen molar-refractivity contribution >= 4 is 17.4 Å². The minimum atomic E-state index is -0.204. The second-order valence-electron chi connectivity index (χ2n) is 7.14. The fourth-order valence-corrected chi connectivity index (χ4v) is 3.46. The summed E-state index contributed by atoms with van der Waals surface area (Å²) in [4.78, 5) is 12.3. The lowest BCUT2D eigenvalue weighted by Gasteiger charge is -2.13. The molecule has 2 aromatic rings. The van der Waals surface area contributed by atoms with Crippen LogP contribution in [0.4, 0.5) is 16.2 Å². The second kappa shape index (κ2) is 8.86. The van der Waals surface area contributed by atoms with Gasteiger partial charge in [0, 0.05) is 17.9 Å². The summed E-state index contributed by atoms with van der Waals surface area (Å²) >= 11 is 0. The van der Waals surface area contributed by atoms with Gasteiger partial charge in [0.05, 0.1) is 0 Å². The molecular formula is C22H29N3O. The third-order valence-electron chi connectivity index (χ3n) is 5.06. The number of hydrogen-bond acceptors (Lipinski definition) is 2. The first-order valence-electron chi connectivity index (χ1n) is 9.64. The normalized spacial score (nSPS) is 16.5. The fourth-order valence-electron chi connectivity index (χ4n) is 3.46. The van der Waals surface area contributed by atoms with Crippen molar-refractivity contribution in [3.63, 3.8) is 0 Å². The van der Waals surface area contributed by atoms with Crippen LogP contribution in [0, 0.1) is 6.92 Å². The molecule has 1 saturated heterocycles. The largest absolute Gasteiger partial charge is 0.323 e. The van der Waals surface area contributed by atoms with Crippen LogP contribution in [0.1, 0.15) is 48.8 Å². The lowest BCUT2D eigenvalue weighted by molar-refractivity contribution is 0.262. The van der Waals surface area contributed by atoms with E-state index in [1.807, 2.05) is 25.1 Å². The van der Waals surface area contributed by atoms with Gasteiger partial charge < -0.3 is 16.0 Å². The summed E-state index contributed by atoms with van der Waals surface area (Å²) < 4.78 is 0. The molecule has 3 N–H and O–H groups in total. The SMILES string of the molecule is CCCCc1ccc(NC(=O)Nc2ccc(C3CCNC3)cc2)c(C)c1. The van der Waals surface area contributed by atoms with E-state index in [1.54, 1.807) is 0 Å². The highest BCUT2D eigenvalue weighted by molar-refractivity contribution is 6.00. The Morgan fingerprint density at radius 2 is 1.96 bits per heavy atom. The first-order valence-corrected chi connectivity index (χ1v) is 9.64. The summed E-state index contributed by atoms with van der Waals surface area (Å²) in [6.45, 7) is 6.37. The highest BCUT2D eigenvalue weighted by Gasteiger charge is 2.16. The number of rotatable bonds is 6. The van der Waals surface area contributed by atoms with Crippen LogP contribution in [0.3, 0.4) is 0 Å². The highest BCUT2D eigenvalue weighted by Crippen LogP contribution is 2.24. The van der Waals surface area contributed by atoms with Crippen molar-refractivity contribution in [1.29, 1.82) is 0 Å². The molecule has 2 amide bonds. The van der Waals surface area contributed by atoms with E-state index in [1.165, 1.54) is 30.4 Å². The third-order valence-corrected chi connectivity index (χ3v) is 5.06. The Hall–Kier alpha value is -2.33. The Morgan fingerprint density at radius 1 is 1.15 bits per heavy atom. The van der Waals surface area contributed by atoms with Crippen LogP contribution in [0.2, 0.25) is 0 Å². The molecule has 26 heavy (non-hydrogen) atoms. The van der Waals surface area contributed by atoms with Gasteiger partial charge >= 0.3 is 6.03 Å². The molecule has 3 rings (SSSR count). The molecule has 1 aliphatic heterocycles. The smallest absolute Gasteiger partial charge is 0.316 e. The van der Waals surface area contributed by atoms with Crippen LogP contribution >= 0.6 is 0 Å². The average Bonchev–Trinajstić information content (AvgIpc) is 3.17. The minimum absolute atomic E-state index is 0.204. The van der Waals surface area contributed by atoms with Crippen molar-refractivity contribution < 1.29 is 4.79 Å². The predicted molar refractivity (Wildman–Crippen MR) is 109 cm³/mol. The van der Waals surface area contributed by atoms with Crippen LogP contribution < -0.4 is 16.0 Å². The number of benzene rings is 2. The third kappa shape index (κ3) is 4.85. The zero-order valence-corrected chi connectivity index (χ0v) is 15.8. The summed E-state index contributed by atoms with van der Waals surface area (Å²) in [6.07, 6.45) is 4.66. The monoisotopic (exact) mass is 351 g/mol. The number of nitrogens with one attached hydrogen (secondary N) is 3. The van der Waals surface area contributed by atoms with E-state index >= 15 is 0 Å². The number of anilines is 2. The van der Waals surface area contributed by atoms with Crippen molar-refractivity contribution in [3.05, 3.63) is 59.2 Å². The Morgan fingerprint density at radius 3 is 2.62 bits per heavy atom. The molecule has 1 heterocycles. The number of carbonyl (C=O) groups excluding carboxylic acids is 1. The van der Waals surface area contributed by atoms with Crippen molar-refractivity contribution in [1.82, 2.24) is 5.32 Å². The molecule has 0 aliphatic carbocycles. The second-order valence-corrected chi connectivity index (χ2v) is 7.14. The Kier molecular flexibility index (Phi) is 6.29. The number of amides is 2. The maximum atomic E-state index is 12.3. The molecule has 138 valence electrons. The van der Waals surface area contributed by atoms with Crippen molar-refractivity contribution in [3.8, 4) is 0 Å². The van der Waals surface area contributed by atoms with Crippen molar-refractivity contribution in [2.75, 3.05) is 23.7 Å². The minimum Gasteiger partial charge on any atom is -0.316 e. The summed E-state index contributed by atoms with van der Waals surface area (Å²) in [7, 11) is 0. The summed E-state index contributed by atoms with van der Waals surface area (Å²) in [5, 5.41) is 9.26. The van der Waals surface area contributed by atoms with Gasteiger partial charge in [0.1, 0.15) is 0 Å². The van der Waals surface area contributed by atoms with Crippen LogP contribution in [0.5, 0.6) is 0 Å². The van der Waals surface area contributed by atoms with Gasteiger partial charge in [-0.1, -0.05) is 37.6 Å². The van der Waals surface area contributed by atoms with Crippen LogP contribution in [0.25, 0.3) is 0 Å². The van der Waals surface area contributed by atoms with Gasteiger partial charge in [0.25, 0.3) is 0 Å². The standard InChI is InChI=1S/C22H29N3O/c1-3-4-5-17-6-11-21(16(2)14-17)25-22(26)24-20-9-7-18(8-10-20)19-12-13-23-15-19/h6-11,14,19,23H,3-5,12-13,15H2,1-2H3,(H2,24,25,26). The molecule has 1 atom stereocenters. The van der Waals surface area contributed by atoms with Crippen LogP contribution in [0.15, 0.2) is 42.5 Å². The molecule has 4 nitrogen and oxygen atoms in total. The topological polar surface area (TPSA) is 53.2 Å². The van der Waals surface area contributed by atoms with Crippen molar-refractivity contribution in [2.45, 2.75) is 45.4 Å². The molecule has 1 aliphatic rings. The van der Waals surface area contributed by atoms with E-state index in [2.05, 4.69) is 47.1 Å². The zero-order chi connectivity index (χ0) is 18.4. The van der Waals surface area contributed by atoms with E-state index in [9.17, 15) is 4.79 Å². The molecule has 0 radical (unpaired) electrons. The maximum Gasteiger partial charge on any atom is 0.323 e. The van der Waals surface area contributed by atoms with Gasteiger partial charge in [-0.2, -0.15) is 0 Å². The molecule has 2 aromatic carbocycles. The zero-order valence-electron chi connectivity index (χ0n) is 15.8. The molecule has 1 fully saturated rings. The summed E-state index contributed by atoms with van der Waals surface area (Å²) in [6, 6.07) is 14.2. The molecule has 0 saturated carbocycles. The number of unbranched alkanes of at least 4 members (excludes halogenated alkanes) is 1. The maximum absolute atomic E-state index is 12.3. The van der Waals surface area contributed by atoms with E-state index in [-0.39, 0.29) is 6.03 Å². The number of urea groups is 1. The number of hydrogen-bond donors (Lipinski definition) is 3. The van der Waals surface area contributed by atoms with Gasteiger partial charge in [0.2, 0.25) is 0 Å². The van der Waals surface area contributed by atoms with Gasteiger partial charge in [0.15, 0.2) is 0 Å². The van der Waals surface area contributed by atoms with Crippen LogP contribution in [-0.4, -0.2) is 19.1 Å². The molecule has 4 heteroatoms. The quantitative estimate of drug-likeness (QED) is 0.681. The molecular weight excluding hydrogens is 322 g/mol. The summed E-state index contributed by atoms with van der Waals surface area (Å²) in [5.74, 6) is 0.590. The molecule has 0 bridgehead atoms. The van der Waals surface area contributed by atoms with Crippen LogP contribution in [-0.2, 0) is 6.42 Å². The number of aryl methyl sites for hydroxylation is 2. The van der Waals surface area contributed by atoms with E-state index < -0.39 is 0 Å². The Labute approximate surface area is 156 Å². The first-order chi connectivity index (χ1) is 12.7. The lowest BCUT2D eigenvalue weighted by Crippen LogP contribution is -2.20. The first kappa shape index (κ1) is 18.5. The van der Waals surface area contributed by atoms with E-state index in [0.29, 0.717) is 5.92 Å². The summed E-state index contributed by atoms with van der Waals surface area (Å²) in [5.41, 5.74) is 5.43. The van der Waals surface area contributed by atoms with Gasteiger partial charge in [-0.15, -0.1) is 0 Å². The fraction of sp³-hybridized carbons (Fsp3) is 0.409.